The van der Waals surface area contributed by atoms with Gasteiger partial charge in [0.25, 0.3) is 0 Å². The van der Waals surface area contributed by atoms with Crippen LogP contribution in [0.4, 0.5) is 5.69 Å². The van der Waals surface area contributed by atoms with Gasteiger partial charge in [0, 0.05) is 18.1 Å². The highest BCUT2D eigenvalue weighted by Crippen LogP contribution is 2.39. The molecule has 0 radical (unpaired) electrons. The molecule has 0 spiro atoms. The van der Waals surface area contributed by atoms with Crippen LogP contribution in [0.1, 0.15) is 12.8 Å². The van der Waals surface area contributed by atoms with Crippen LogP contribution in [-0.4, -0.2) is 20.1 Å². The van der Waals surface area contributed by atoms with Gasteiger partial charge in [0.05, 0.1) is 19.2 Å². The summed E-state index contributed by atoms with van der Waals surface area (Å²) < 4.78 is 10.4. The van der Waals surface area contributed by atoms with Gasteiger partial charge >= 0.3 is 0 Å². The third-order valence-corrected chi connectivity index (χ3v) is 2.99. The number of nitrogens with zero attached hydrogens (tertiary/aromatic N) is 1. The quantitative estimate of drug-likeness (QED) is 0.664. The van der Waals surface area contributed by atoms with Crippen molar-refractivity contribution in [3.63, 3.8) is 0 Å². The molecular weight excluding hydrogens is 240 g/mol. The second-order valence-corrected chi connectivity index (χ2v) is 4.38. The van der Waals surface area contributed by atoms with Crippen LogP contribution in [0, 0.1) is 5.92 Å². The Morgan fingerprint density at radius 3 is 2.47 bits per heavy atom. The Labute approximate surface area is 105 Å². The Morgan fingerprint density at radius 1 is 1.29 bits per heavy atom. The van der Waals surface area contributed by atoms with Crippen molar-refractivity contribution in [3.8, 4) is 11.5 Å². The molecule has 1 aromatic rings. The summed E-state index contributed by atoms with van der Waals surface area (Å²) in [6.45, 7) is 0. The van der Waals surface area contributed by atoms with Gasteiger partial charge in [-0.2, -0.15) is 0 Å². The molecule has 0 unspecified atom stereocenters. The Bertz CT molecular complexity index is 456. The molecule has 1 saturated carbocycles. The summed E-state index contributed by atoms with van der Waals surface area (Å²) in [4.78, 5) is 4.37. The number of hydrogen-bond acceptors (Lipinski definition) is 3. The number of ether oxygens (including phenoxy) is 2. The number of halogens is 1. The standard InChI is InChI=1S/C12H15ClN2O2/c1-16-10-6-9(11(17-2)5-8(10)13)15-12(14)7-3-4-7/h5-7H,3-4H2,1-2H3,(H2,14,15). The number of nitrogens with two attached hydrogens (primary N) is 1. The smallest absolute Gasteiger partial charge is 0.146 e. The number of methoxy groups -OCH3 is 2. The van der Waals surface area contributed by atoms with Gasteiger partial charge in [0.1, 0.15) is 23.0 Å². The highest BCUT2D eigenvalue weighted by molar-refractivity contribution is 6.32. The summed E-state index contributed by atoms with van der Waals surface area (Å²) in [5, 5.41) is 0.494. The molecule has 2 N–H and O–H groups in total. The average Bonchev–Trinajstić information content (AvgIpc) is 3.14. The molecule has 17 heavy (non-hydrogen) atoms. The van der Waals surface area contributed by atoms with Crippen molar-refractivity contribution in [2.45, 2.75) is 12.8 Å². The molecule has 1 aliphatic rings. The minimum absolute atomic E-state index is 0.418. The number of amidine groups is 1. The summed E-state index contributed by atoms with van der Waals surface area (Å²) in [7, 11) is 3.13. The highest BCUT2D eigenvalue weighted by Gasteiger charge is 2.26. The average molecular weight is 255 g/mol. The first-order valence-corrected chi connectivity index (χ1v) is 5.79. The van der Waals surface area contributed by atoms with Gasteiger partial charge in [0.2, 0.25) is 0 Å². The highest BCUT2D eigenvalue weighted by atomic mass is 35.5. The maximum Gasteiger partial charge on any atom is 0.146 e. The molecule has 2 rings (SSSR count). The monoisotopic (exact) mass is 254 g/mol. The van der Waals surface area contributed by atoms with Gasteiger partial charge in [-0.05, 0) is 12.8 Å². The Kier molecular flexibility index (Phi) is 3.43. The van der Waals surface area contributed by atoms with E-state index in [0.29, 0.717) is 34.0 Å². The summed E-state index contributed by atoms with van der Waals surface area (Å²) in [6.07, 6.45) is 2.23. The van der Waals surface area contributed by atoms with Crippen molar-refractivity contribution in [3.05, 3.63) is 17.2 Å². The fourth-order valence-electron chi connectivity index (χ4n) is 1.54. The minimum Gasteiger partial charge on any atom is -0.495 e. The number of hydrogen-bond donors (Lipinski definition) is 1. The zero-order chi connectivity index (χ0) is 12.4. The van der Waals surface area contributed by atoms with E-state index in [0.717, 1.165) is 12.8 Å². The molecule has 0 bridgehead atoms. The first-order chi connectivity index (χ1) is 8.15. The summed E-state index contributed by atoms with van der Waals surface area (Å²) >= 11 is 6.01. The van der Waals surface area contributed by atoms with E-state index in [1.165, 1.54) is 0 Å². The SMILES string of the molecule is COc1cc(N=C(N)C2CC2)c(OC)cc1Cl. The van der Waals surface area contributed by atoms with E-state index in [4.69, 9.17) is 26.8 Å². The zero-order valence-electron chi connectivity index (χ0n) is 9.87. The van der Waals surface area contributed by atoms with Gasteiger partial charge in [-0.1, -0.05) is 11.6 Å². The van der Waals surface area contributed by atoms with Crippen molar-refractivity contribution in [1.29, 1.82) is 0 Å². The Balaban J connectivity index is 2.39. The lowest BCUT2D eigenvalue weighted by Gasteiger charge is -2.09. The topological polar surface area (TPSA) is 56.8 Å². The van der Waals surface area contributed by atoms with E-state index >= 15 is 0 Å². The lowest BCUT2D eigenvalue weighted by Crippen LogP contribution is -2.13. The first-order valence-electron chi connectivity index (χ1n) is 5.41. The van der Waals surface area contributed by atoms with Crippen molar-refractivity contribution >= 4 is 23.1 Å². The summed E-state index contributed by atoms with van der Waals surface area (Å²) in [6, 6.07) is 3.41. The number of rotatable bonds is 4. The Hall–Kier alpha value is -1.42. The maximum absolute atomic E-state index is 6.01. The van der Waals surface area contributed by atoms with Crippen LogP contribution in [-0.2, 0) is 0 Å². The molecule has 0 aliphatic heterocycles. The van der Waals surface area contributed by atoms with Crippen molar-refractivity contribution < 1.29 is 9.47 Å². The molecule has 92 valence electrons. The summed E-state index contributed by atoms with van der Waals surface area (Å²) in [5.41, 5.74) is 6.54. The van der Waals surface area contributed by atoms with E-state index < -0.39 is 0 Å². The van der Waals surface area contributed by atoms with Gasteiger partial charge in [-0.3, -0.25) is 0 Å². The van der Waals surface area contributed by atoms with Crippen LogP contribution >= 0.6 is 11.6 Å². The van der Waals surface area contributed by atoms with Gasteiger partial charge < -0.3 is 15.2 Å². The van der Waals surface area contributed by atoms with E-state index in [-0.39, 0.29) is 0 Å². The lowest BCUT2D eigenvalue weighted by molar-refractivity contribution is 0.404. The van der Waals surface area contributed by atoms with E-state index in [1.807, 2.05) is 0 Å². The normalized spacial score (nSPS) is 15.8. The third kappa shape index (κ3) is 2.64. The molecule has 0 heterocycles. The number of aliphatic imine (C=N–C) groups is 1. The molecule has 0 atom stereocenters. The second kappa shape index (κ2) is 4.84. The van der Waals surface area contributed by atoms with Crippen LogP contribution in [0.5, 0.6) is 11.5 Å². The second-order valence-electron chi connectivity index (χ2n) is 3.97. The molecule has 0 aromatic heterocycles. The molecule has 4 nitrogen and oxygen atoms in total. The molecule has 0 amide bonds. The first kappa shape index (κ1) is 12.0. The van der Waals surface area contributed by atoms with Crippen LogP contribution in [0.25, 0.3) is 0 Å². The fraction of sp³-hybridized carbons (Fsp3) is 0.417. The van der Waals surface area contributed by atoms with Crippen molar-refractivity contribution in [2.24, 2.45) is 16.6 Å². The molecule has 1 aliphatic carbocycles. The molecule has 0 saturated heterocycles. The summed E-state index contributed by atoms with van der Waals surface area (Å²) in [5.74, 6) is 2.23. The molecule has 1 aromatic carbocycles. The fourth-order valence-corrected chi connectivity index (χ4v) is 1.77. The maximum atomic E-state index is 6.01. The number of benzene rings is 1. The van der Waals surface area contributed by atoms with E-state index in [9.17, 15) is 0 Å². The van der Waals surface area contributed by atoms with Gasteiger partial charge in [-0.15, -0.1) is 0 Å². The van der Waals surface area contributed by atoms with Gasteiger partial charge in [0.15, 0.2) is 0 Å². The lowest BCUT2D eigenvalue weighted by atomic mass is 10.2. The van der Waals surface area contributed by atoms with Crippen LogP contribution in [0.15, 0.2) is 17.1 Å². The van der Waals surface area contributed by atoms with Crippen molar-refractivity contribution in [2.75, 3.05) is 14.2 Å². The Morgan fingerprint density at radius 2 is 1.94 bits per heavy atom. The van der Waals surface area contributed by atoms with Crippen LogP contribution in [0.2, 0.25) is 5.02 Å². The van der Waals surface area contributed by atoms with Crippen molar-refractivity contribution in [1.82, 2.24) is 0 Å². The predicted octanol–water partition coefficient (Wildman–Crippen LogP) is 2.76. The molecule has 5 heteroatoms. The van der Waals surface area contributed by atoms with Gasteiger partial charge in [-0.25, -0.2) is 4.99 Å². The molecule has 1 fully saturated rings. The molecular formula is C12H15ClN2O2. The largest absolute Gasteiger partial charge is 0.495 e. The zero-order valence-corrected chi connectivity index (χ0v) is 10.6. The predicted molar refractivity (Wildman–Crippen MR) is 68.6 cm³/mol. The van der Waals surface area contributed by atoms with E-state index in [2.05, 4.69) is 4.99 Å². The van der Waals surface area contributed by atoms with Crippen LogP contribution < -0.4 is 15.2 Å². The van der Waals surface area contributed by atoms with E-state index in [1.54, 1.807) is 26.4 Å². The van der Waals surface area contributed by atoms with Crippen LogP contribution in [0.3, 0.4) is 0 Å². The minimum atomic E-state index is 0.418. The third-order valence-electron chi connectivity index (χ3n) is 2.70.